The van der Waals surface area contributed by atoms with Gasteiger partial charge in [0.2, 0.25) is 5.91 Å². The van der Waals surface area contributed by atoms with Gasteiger partial charge in [-0.25, -0.2) is 0 Å². The number of nitrogens with zero attached hydrogens (tertiary/aromatic N) is 1. The number of benzene rings is 2. The van der Waals surface area contributed by atoms with Crippen LogP contribution in [0.15, 0.2) is 53.1 Å². The molecule has 0 spiro atoms. The first-order valence-corrected chi connectivity index (χ1v) is 9.48. The molecule has 0 radical (unpaired) electrons. The van der Waals surface area contributed by atoms with Crippen molar-refractivity contribution in [2.45, 2.75) is 32.7 Å². The molecule has 0 saturated carbocycles. The summed E-state index contributed by atoms with van der Waals surface area (Å²) in [5, 5.41) is 7.09. The van der Waals surface area contributed by atoms with E-state index in [2.05, 4.69) is 10.5 Å². The summed E-state index contributed by atoms with van der Waals surface area (Å²) in [5.41, 5.74) is 3.69. The number of aromatic nitrogens is 1. The predicted molar refractivity (Wildman–Crippen MR) is 110 cm³/mol. The van der Waals surface area contributed by atoms with Crippen LogP contribution in [0.25, 0.3) is 0 Å². The van der Waals surface area contributed by atoms with Gasteiger partial charge in [-0.2, -0.15) is 0 Å². The summed E-state index contributed by atoms with van der Waals surface area (Å²) in [6.07, 6.45) is 0.889. The van der Waals surface area contributed by atoms with Gasteiger partial charge in [-0.1, -0.05) is 29.4 Å². The molecule has 6 heteroatoms. The minimum atomic E-state index is -0.178. The molecule has 3 rings (SSSR count). The number of amides is 1. The molecule has 0 saturated heterocycles. The van der Waals surface area contributed by atoms with E-state index in [0.717, 1.165) is 33.9 Å². The Hall–Kier alpha value is -3.28. The lowest BCUT2D eigenvalue weighted by Gasteiger charge is -2.20. The van der Waals surface area contributed by atoms with Crippen LogP contribution in [0.1, 0.15) is 34.2 Å². The quantitative estimate of drug-likeness (QED) is 0.626. The van der Waals surface area contributed by atoms with Crippen molar-refractivity contribution in [3.63, 3.8) is 0 Å². The van der Waals surface area contributed by atoms with Crippen LogP contribution in [0.5, 0.6) is 11.5 Å². The molecule has 2 aromatic carbocycles. The molecule has 1 unspecified atom stereocenters. The van der Waals surface area contributed by atoms with Gasteiger partial charge in [-0.05, 0) is 55.7 Å². The SMILES string of the molecule is COc1ccc(CC(NC(=O)Cc2c(C)noc2C)c2ccc(OC)cc2)cc1. The molecule has 1 heterocycles. The standard InChI is InChI=1S/C23H26N2O4/c1-15-21(16(2)29-25-15)14-23(26)24-22(18-7-11-20(28-4)12-8-18)13-17-5-9-19(27-3)10-6-17/h5-12,22H,13-14H2,1-4H3,(H,24,26). The van der Waals surface area contributed by atoms with Gasteiger partial charge in [-0.3, -0.25) is 4.79 Å². The average Bonchev–Trinajstić information content (AvgIpc) is 3.06. The number of aryl methyl sites for hydroxylation is 2. The molecule has 0 bridgehead atoms. The Morgan fingerprint density at radius 2 is 1.59 bits per heavy atom. The molecule has 29 heavy (non-hydrogen) atoms. The summed E-state index contributed by atoms with van der Waals surface area (Å²) in [4.78, 5) is 12.8. The molecule has 3 aromatic rings. The van der Waals surface area contributed by atoms with E-state index in [9.17, 15) is 4.79 Å². The fourth-order valence-corrected chi connectivity index (χ4v) is 3.25. The molecule has 6 nitrogen and oxygen atoms in total. The molecular formula is C23H26N2O4. The monoisotopic (exact) mass is 394 g/mol. The maximum atomic E-state index is 12.8. The summed E-state index contributed by atoms with van der Waals surface area (Å²) in [6, 6.07) is 15.4. The van der Waals surface area contributed by atoms with Crippen molar-refractivity contribution < 1.29 is 18.8 Å². The molecular weight excluding hydrogens is 368 g/mol. The van der Waals surface area contributed by atoms with E-state index in [0.29, 0.717) is 12.2 Å². The number of hydrogen-bond donors (Lipinski definition) is 1. The van der Waals surface area contributed by atoms with Crippen molar-refractivity contribution in [1.82, 2.24) is 10.5 Å². The second kappa shape index (κ2) is 9.28. The number of ether oxygens (including phenoxy) is 2. The smallest absolute Gasteiger partial charge is 0.225 e. The first kappa shape index (κ1) is 20.5. The number of methoxy groups -OCH3 is 2. The highest BCUT2D eigenvalue weighted by atomic mass is 16.5. The van der Waals surface area contributed by atoms with Crippen LogP contribution < -0.4 is 14.8 Å². The molecule has 0 fully saturated rings. The second-order valence-corrected chi connectivity index (χ2v) is 6.92. The Bertz CT molecular complexity index is 927. The van der Waals surface area contributed by atoms with Gasteiger partial charge >= 0.3 is 0 Å². The number of hydrogen-bond acceptors (Lipinski definition) is 5. The van der Waals surface area contributed by atoms with Gasteiger partial charge in [0.1, 0.15) is 17.3 Å². The second-order valence-electron chi connectivity index (χ2n) is 6.92. The van der Waals surface area contributed by atoms with Crippen LogP contribution >= 0.6 is 0 Å². The normalized spacial score (nSPS) is 11.7. The van der Waals surface area contributed by atoms with Crippen molar-refractivity contribution in [1.29, 1.82) is 0 Å². The first-order chi connectivity index (χ1) is 14.0. The fraction of sp³-hybridized carbons (Fsp3) is 0.304. The zero-order valence-electron chi connectivity index (χ0n) is 17.2. The molecule has 1 atom stereocenters. The zero-order valence-corrected chi connectivity index (χ0v) is 17.2. The molecule has 1 amide bonds. The number of nitrogens with one attached hydrogen (secondary N) is 1. The Morgan fingerprint density at radius 1 is 1.00 bits per heavy atom. The third kappa shape index (κ3) is 5.16. The van der Waals surface area contributed by atoms with Crippen molar-refractivity contribution >= 4 is 5.91 Å². The van der Waals surface area contributed by atoms with E-state index in [1.54, 1.807) is 14.2 Å². The Morgan fingerprint density at radius 3 is 2.10 bits per heavy atom. The van der Waals surface area contributed by atoms with Gasteiger partial charge in [0.15, 0.2) is 0 Å². The summed E-state index contributed by atoms with van der Waals surface area (Å²) >= 11 is 0. The molecule has 0 aliphatic carbocycles. The van der Waals surface area contributed by atoms with Crippen LogP contribution in [0.4, 0.5) is 0 Å². The predicted octanol–water partition coefficient (Wildman–Crippen LogP) is 3.95. The third-order valence-electron chi connectivity index (χ3n) is 4.97. The lowest BCUT2D eigenvalue weighted by atomic mass is 9.98. The molecule has 1 N–H and O–H groups in total. The zero-order chi connectivity index (χ0) is 20.8. The third-order valence-corrected chi connectivity index (χ3v) is 4.97. The van der Waals surface area contributed by atoms with Crippen LogP contribution in [0, 0.1) is 13.8 Å². The van der Waals surface area contributed by atoms with Gasteiger partial charge in [0.05, 0.1) is 32.4 Å². The van der Waals surface area contributed by atoms with Crippen LogP contribution in [-0.4, -0.2) is 25.3 Å². The van der Waals surface area contributed by atoms with E-state index in [4.69, 9.17) is 14.0 Å². The summed E-state index contributed by atoms with van der Waals surface area (Å²) in [5.74, 6) is 2.18. The average molecular weight is 394 g/mol. The van der Waals surface area contributed by atoms with E-state index in [1.165, 1.54) is 0 Å². The summed E-state index contributed by atoms with van der Waals surface area (Å²) in [6.45, 7) is 3.67. The largest absolute Gasteiger partial charge is 0.497 e. The molecule has 1 aromatic heterocycles. The highest BCUT2D eigenvalue weighted by Gasteiger charge is 2.19. The first-order valence-electron chi connectivity index (χ1n) is 9.48. The lowest BCUT2D eigenvalue weighted by Crippen LogP contribution is -2.31. The maximum Gasteiger partial charge on any atom is 0.225 e. The minimum Gasteiger partial charge on any atom is -0.497 e. The minimum absolute atomic E-state index is 0.0753. The lowest BCUT2D eigenvalue weighted by molar-refractivity contribution is -0.121. The summed E-state index contributed by atoms with van der Waals surface area (Å²) in [7, 11) is 3.28. The molecule has 0 aliphatic heterocycles. The van der Waals surface area contributed by atoms with E-state index in [-0.39, 0.29) is 18.4 Å². The fourth-order valence-electron chi connectivity index (χ4n) is 3.25. The highest BCUT2D eigenvalue weighted by molar-refractivity contribution is 5.79. The van der Waals surface area contributed by atoms with Gasteiger partial charge in [0.25, 0.3) is 0 Å². The topological polar surface area (TPSA) is 73.6 Å². The van der Waals surface area contributed by atoms with E-state index >= 15 is 0 Å². The van der Waals surface area contributed by atoms with Gasteiger partial charge < -0.3 is 19.3 Å². The highest BCUT2D eigenvalue weighted by Crippen LogP contribution is 2.23. The Kier molecular flexibility index (Phi) is 6.54. The van der Waals surface area contributed by atoms with E-state index < -0.39 is 0 Å². The van der Waals surface area contributed by atoms with Gasteiger partial charge in [0, 0.05) is 5.56 Å². The summed E-state index contributed by atoms with van der Waals surface area (Å²) < 4.78 is 15.7. The van der Waals surface area contributed by atoms with Crippen molar-refractivity contribution in [2.24, 2.45) is 0 Å². The van der Waals surface area contributed by atoms with Crippen LogP contribution in [0.2, 0.25) is 0 Å². The molecule has 152 valence electrons. The van der Waals surface area contributed by atoms with E-state index in [1.807, 2.05) is 62.4 Å². The van der Waals surface area contributed by atoms with Crippen molar-refractivity contribution in [3.8, 4) is 11.5 Å². The Labute approximate surface area is 170 Å². The maximum absolute atomic E-state index is 12.8. The number of carbonyl (C=O) groups is 1. The van der Waals surface area contributed by atoms with Gasteiger partial charge in [-0.15, -0.1) is 0 Å². The number of carbonyl (C=O) groups excluding carboxylic acids is 1. The van der Waals surface area contributed by atoms with Crippen molar-refractivity contribution in [2.75, 3.05) is 14.2 Å². The Balaban J connectivity index is 1.79. The number of rotatable bonds is 8. The molecule has 0 aliphatic rings. The van der Waals surface area contributed by atoms with Crippen molar-refractivity contribution in [3.05, 3.63) is 76.7 Å². The van der Waals surface area contributed by atoms with Crippen LogP contribution in [-0.2, 0) is 17.6 Å². The van der Waals surface area contributed by atoms with Crippen LogP contribution in [0.3, 0.4) is 0 Å².